The van der Waals surface area contributed by atoms with Crippen LogP contribution in [0.15, 0.2) is 39.9 Å². The molecule has 1 N–H and O–H groups in total. The predicted molar refractivity (Wildman–Crippen MR) is 91.7 cm³/mol. The lowest BCUT2D eigenvalue weighted by molar-refractivity contribution is 0.411. The Balaban J connectivity index is 1.86. The summed E-state index contributed by atoms with van der Waals surface area (Å²) in [4.78, 5) is 0. The van der Waals surface area contributed by atoms with E-state index in [-0.39, 0.29) is 0 Å². The Kier molecular flexibility index (Phi) is 4.88. The highest BCUT2D eigenvalue weighted by Gasteiger charge is 2.30. The molecule has 112 valence electrons. The summed E-state index contributed by atoms with van der Waals surface area (Å²) >= 11 is 3.86. The molecule has 2 unspecified atom stereocenters. The molecule has 0 bridgehead atoms. The minimum Gasteiger partial charge on any atom is -0.497 e. The van der Waals surface area contributed by atoms with Gasteiger partial charge in [0.25, 0.3) is 0 Å². The highest BCUT2D eigenvalue weighted by molar-refractivity contribution is 8.01. The van der Waals surface area contributed by atoms with Gasteiger partial charge < -0.3 is 10.1 Å². The van der Waals surface area contributed by atoms with E-state index in [2.05, 4.69) is 48.0 Å². The number of aryl methyl sites for hydroxylation is 1. The van der Waals surface area contributed by atoms with Crippen molar-refractivity contribution >= 4 is 23.1 Å². The lowest BCUT2D eigenvalue weighted by atomic mass is 9.87. The van der Waals surface area contributed by atoms with Crippen LogP contribution in [0, 0.1) is 0 Å². The largest absolute Gasteiger partial charge is 0.497 e. The van der Waals surface area contributed by atoms with Gasteiger partial charge in [-0.15, -0.1) is 23.1 Å². The zero-order valence-electron chi connectivity index (χ0n) is 12.5. The van der Waals surface area contributed by atoms with Crippen molar-refractivity contribution < 1.29 is 4.74 Å². The van der Waals surface area contributed by atoms with E-state index >= 15 is 0 Å². The number of hydrogen-bond acceptors (Lipinski definition) is 4. The second-order valence-corrected chi connectivity index (χ2v) is 7.71. The van der Waals surface area contributed by atoms with E-state index in [0.717, 1.165) is 18.7 Å². The fourth-order valence-corrected chi connectivity index (χ4v) is 5.24. The highest BCUT2D eigenvalue weighted by atomic mass is 32.2. The number of hydrogen-bond donors (Lipinski definition) is 1. The molecule has 2 nitrogen and oxygen atoms in total. The number of benzene rings is 1. The monoisotopic (exact) mass is 319 g/mol. The second-order valence-electron chi connectivity index (χ2n) is 5.23. The predicted octanol–water partition coefficient (Wildman–Crippen LogP) is 4.51. The van der Waals surface area contributed by atoms with Crippen molar-refractivity contribution in [3.63, 3.8) is 0 Å². The van der Waals surface area contributed by atoms with E-state index in [4.69, 9.17) is 4.74 Å². The molecule has 0 amide bonds. The number of nitrogens with one attached hydrogen (secondary N) is 1. The summed E-state index contributed by atoms with van der Waals surface area (Å²) in [5, 5.41) is 6.44. The third-order valence-corrected chi connectivity index (χ3v) is 6.36. The van der Waals surface area contributed by atoms with Crippen LogP contribution in [0.25, 0.3) is 0 Å². The van der Waals surface area contributed by atoms with Crippen LogP contribution >= 0.6 is 23.1 Å². The molecule has 0 fully saturated rings. The molecule has 1 aromatic heterocycles. The first-order chi connectivity index (χ1) is 10.3. The summed E-state index contributed by atoms with van der Waals surface area (Å²) in [5.74, 6) is 0.966. The Bertz CT molecular complexity index is 582. The van der Waals surface area contributed by atoms with Gasteiger partial charge in [-0.25, -0.2) is 0 Å². The van der Waals surface area contributed by atoms with Gasteiger partial charge in [-0.3, -0.25) is 0 Å². The van der Waals surface area contributed by atoms with Crippen molar-refractivity contribution in [1.82, 2.24) is 5.32 Å². The topological polar surface area (TPSA) is 21.3 Å². The maximum Gasteiger partial charge on any atom is 0.119 e. The van der Waals surface area contributed by atoms with Crippen LogP contribution in [0.4, 0.5) is 0 Å². The fourth-order valence-electron chi connectivity index (χ4n) is 2.96. The molecule has 1 aromatic carbocycles. The van der Waals surface area contributed by atoms with E-state index in [1.807, 2.05) is 23.1 Å². The van der Waals surface area contributed by atoms with Crippen LogP contribution in [-0.2, 0) is 6.42 Å². The average molecular weight is 319 g/mol. The van der Waals surface area contributed by atoms with E-state index in [1.165, 1.54) is 21.8 Å². The van der Waals surface area contributed by atoms with E-state index in [0.29, 0.717) is 11.3 Å². The summed E-state index contributed by atoms with van der Waals surface area (Å²) in [5.41, 5.74) is 2.88. The first kappa shape index (κ1) is 14.9. The summed E-state index contributed by atoms with van der Waals surface area (Å²) in [6, 6.07) is 11.3. The maximum atomic E-state index is 5.36. The van der Waals surface area contributed by atoms with Gasteiger partial charge in [-0.2, -0.15) is 0 Å². The van der Waals surface area contributed by atoms with Crippen molar-refractivity contribution in [2.75, 3.05) is 13.7 Å². The van der Waals surface area contributed by atoms with Crippen molar-refractivity contribution in [2.24, 2.45) is 0 Å². The number of ether oxygens (including phenoxy) is 1. The number of thioether (sulfide) groups is 1. The smallest absolute Gasteiger partial charge is 0.119 e. The minimum absolute atomic E-state index is 0.428. The van der Waals surface area contributed by atoms with Crippen LogP contribution < -0.4 is 10.1 Å². The molecule has 2 atom stereocenters. The third kappa shape index (κ3) is 3.28. The highest BCUT2D eigenvalue weighted by Crippen LogP contribution is 2.42. The summed E-state index contributed by atoms with van der Waals surface area (Å²) < 4.78 is 6.78. The molecule has 0 aliphatic heterocycles. The molecule has 4 heteroatoms. The van der Waals surface area contributed by atoms with Crippen LogP contribution in [0.1, 0.15) is 30.5 Å². The summed E-state index contributed by atoms with van der Waals surface area (Å²) in [6.07, 6.45) is 2.35. The molecule has 1 aliphatic carbocycles. The van der Waals surface area contributed by atoms with Crippen LogP contribution in [0.3, 0.4) is 0 Å². The number of thiophene rings is 1. The van der Waals surface area contributed by atoms with Gasteiger partial charge in [-0.05, 0) is 54.1 Å². The van der Waals surface area contributed by atoms with Gasteiger partial charge >= 0.3 is 0 Å². The quantitative estimate of drug-likeness (QED) is 0.876. The van der Waals surface area contributed by atoms with Gasteiger partial charge in [0.1, 0.15) is 5.75 Å². The van der Waals surface area contributed by atoms with Crippen molar-refractivity contribution in [1.29, 1.82) is 0 Å². The SMILES string of the molecule is CCNC1c2ccc(OC)cc2CCC1Sc1cccs1. The Morgan fingerprint density at radius 2 is 2.29 bits per heavy atom. The Hall–Kier alpha value is -0.970. The molecule has 2 aromatic rings. The normalized spacial score (nSPS) is 21.0. The zero-order chi connectivity index (χ0) is 14.7. The van der Waals surface area contributed by atoms with E-state index < -0.39 is 0 Å². The van der Waals surface area contributed by atoms with Crippen molar-refractivity contribution in [3.8, 4) is 5.75 Å². The zero-order valence-corrected chi connectivity index (χ0v) is 14.1. The molecule has 1 heterocycles. The summed E-state index contributed by atoms with van der Waals surface area (Å²) in [6.45, 7) is 3.18. The molecule has 3 rings (SSSR count). The van der Waals surface area contributed by atoms with Gasteiger partial charge in [0.05, 0.1) is 11.3 Å². The molecular weight excluding hydrogens is 298 g/mol. The van der Waals surface area contributed by atoms with Gasteiger partial charge in [-0.1, -0.05) is 19.1 Å². The number of methoxy groups -OCH3 is 1. The Labute approximate surface area is 134 Å². The lowest BCUT2D eigenvalue weighted by Gasteiger charge is -2.33. The van der Waals surface area contributed by atoms with Crippen molar-refractivity contribution in [2.45, 2.75) is 35.3 Å². The van der Waals surface area contributed by atoms with Gasteiger partial charge in [0.2, 0.25) is 0 Å². The molecular formula is C17H21NOS2. The molecule has 0 spiro atoms. The number of fused-ring (bicyclic) bond motifs is 1. The maximum absolute atomic E-state index is 5.36. The Morgan fingerprint density at radius 3 is 3.00 bits per heavy atom. The van der Waals surface area contributed by atoms with Crippen LogP contribution in [0.2, 0.25) is 0 Å². The van der Waals surface area contributed by atoms with Crippen molar-refractivity contribution in [3.05, 3.63) is 46.8 Å². The molecule has 0 saturated heterocycles. The Morgan fingerprint density at radius 1 is 1.38 bits per heavy atom. The molecule has 21 heavy (non-hydrogen) atoms. The second kappa shape index (κ2) is 6.86. The lowest BCUT2D eigenvalue weighted by Crippen LogP contribution is -2.34. The number of rotatable bonds is 5. The molecule has 1 aliphatic rings. The fraction of sp³-hybridized carbons (Fsp3) is 0.412. The average Bonchev–Trinajstić information content (AvgIpc) is 3.02. The standard InChI is InChI=1S/C17H21NOS2/c1-3-18-17-14-8-7-13(19-2)11-12(14)6-9-15(17)21-16-5-4-10-20-16/h4-5,7-8,10-11,15,17-18H,3,6,9H2,1-2H3. The first-order valence-electron chi connectivity index (χ1n) is 7.42. The first-order valence-corrected chi connectivity index (χ1v) is 9.18. The third-order valence-electron chi connectivity index (χ3n) is 3.94. The van der Waals surface area contributed by atoms with Gasteiger partial charge in [0, 0.05) is 11.3 Å². The van der Waals surface area contributed by atoms with E-state index in [1.54, 1.807) is 7.11 Å². The van der Waals surface area contributed by atoms with Crippen LogP contribution in [0.5, 0.6) is 5.75 Å². The molecule has 0 radical (unpaired) electrons. The molecule has 0 saturated carbocycles. The van der Waals surface area contributed by atoms with Gasteiger partial charge in [0.15, 0.2) is 0 Å². The minimum atomic E-state index is 0.428. The van der Waals surface area contributed by atoms with E-state index in [9.17, 15) is 0 Å². The summed E-state index contributed by atoms with van der Waals surface area (Å²) in [7, 11) is 1.74. The van der Waals surface area contributed by atoms with Crippen LogP contribution in [-0.4, -0.2) is 18.9 Å².